The van der Waals surface area contributed by atoms with E-state index in [2.05, 4.69) is 15.9 Å². The van der Waals surface area contributed by atoms with Gasteiger partial charge in [0.15, 0.2) is 0 Å². The van der Waals surface area contributed by atoms with Gasteiger partial charge < -0.3 is 9.84 Å². The molecule has 4 heteroatoms. The van der Waals surface area contributed by atoms with Gasteiger partial charge in [-0.05, 0) is 18.1 Å². The van der Waals surface area contributed by atoms with Gasteiger partial charge in [-0.15, -0.1) is 0 Å². The highest BCUT2D eigenvalue weighted by Crippen LogP contribution is 2.34. The molecule has 3 nitrogen and oxygen atoms in total. The summed E-state index contributed by atoms with van der Waals surface area (Å²) in [5.74, 6) is -0.161. The minimum absolute atomic E-state index is 0.0759. The number of carboxylic acids is 1. The smallest absolute Gasteiger partial charge is 0.303 e. The summed E-state index contributed by atoms with van der Waals surface area (Å²) in [6.07, 6.45) is 0.0962. The summed E-state index contributed by atoms with van der Waals surface area (Å²) in [5.41, 5.74) is 0.905. The lowest BCUT2D eigenvalue weighted by molar-refractivity contribution is -0.137. The Morgan fingerprint density at radius 2 is 2.27 bits per heavy atom. The maximum Gasteiger partial charge on any atom is 0.303 e. The molecule has 0 saturated heterocycles. The van der Waals surface area contributed by atoms with Crippen molar-refractivity contribution < 1.29 is 14.6 Å². The van der Waals surface area contributed by atoms with Crippen LogP contribution < -0.4 is 4.74 Å². The lowest BCUT2D eigenvalue weighted by Gasteiger charge is -2.15. The molecule has 1 atom stereocenters. The second-order valence-corrected chi connectivity index (χ2v) is 4.21. The van der Waals surface area contributed by atoms with Crippen molar-refractivity contribution in [2.24, 2.45) is 0 Å². The van der Waals surface area contributed by atoms with Crippen LogP contribution in [0.4, 0.5) is 0 Å². The summed E-state index contributed by atoms with van der Waals surface area (Å²) in [6.45, 7) is 1.87. The summed E-state index contributed by atoms with van der Waals surface area (Å²) < 4.78 is 6.09. The monoisotopic (exact) mass is 272 g/mol. The van der Waals surface area contributed by atoms with Crippen molar-refractivity contribution in [3.8, 4) is 5.75 Å². The molecule has 0 aliphatic carbocycles. The number of hydrogen-bond acceptors (Lipinski definition) is 2. The van der Waals surface area contributed by atoms with Crippen molar-refractivity contribution in [3.05, 3.63) is 28.2 Å². The van der Waals surface area contributed by atoms with Crippen LogP contribution in [0, 0.1) is 0 Å². The van der Waals surface area contributed by atoms with Crippen molar-refractivity contribution in [1.82, 2.24) is 0 Å². The van der Waals surface area contributed by atoms with E-state index in [4.69, 9.17) is 9.84 Å². The molecule has 1 N–H and O–H groups in total. The number of carboxylic acid groups (broad SMARTS) is 1. The fourth-order valence-electron chi connectivity index (χ4n) is 1.54. The summed E-state index contributed by atoms with van der Waals surface area (Å²) in [6, 6.07) is 5.58. The average Bonchev–Trinajstić information content (AvgIpc) is 2.15. The molecule has 0 aliphatic rings. The van der Waals surface area contributed by atoms with Gasteiger partial charge in [0.25, 0.3) is 0 Å². The molecule has 1 aromatic carbocycles. The summed E-state index contributed by atoms with van der Waals surface area (Å²) in [7, 11) is 1.58. The van der Waals surface area contributed by atoms with Gasteiger partial charge in [0.05, 0.1) is 13.5 Å². The molecule has 1 aromatic rings. The minimum atomic E-state index is -0.805. The first-order valence-electron chi connectivity index (χ1n) is 4.60. The molecule has 0 fully saturated rings. The maximum absolute atomic E-state index is 10.6. The Balaban J connectivity index is 3.05. The average molecular weight is 273 g/mol. The van der Waals surface area contributed by atoms with Gasteiger partial charge in [0, 0.05) is 10.0 Å². The standard InChI is InChI=1S/C11H13BrO3/c1-7(6-10(13)14)11-8(12)4-3-5-9(11)15-2/h3-5,7H,6H2,1-2H3,(H,13,14). The molecular formula is C11H13BrO3. The Morgan fingerprint density at radius 1 is 1.60 bits per heavy atom. The summed E-state index contributed by atoms with van der Waals surface area (Å²) in [5, 5.41) is 8.74. The Hall–Kier alpha value is -1.03. The van der Waals surface area contributed by atoms with Crippen molar-refractivity contribution in [1.29, 1.82) is 0 Å². The predicted octanol–water partition coefficient (Wildman–Crippen LogP) is 3.04. The SMILES string of the molecule is COc1cccc(Br)c1C(C)CC(=O)O. The van der Waals surface area contributed by atoms with E-state index in [1.165, 1.54) is 0 Å². The highest BCUT2D eigenvalue weighted by Gasteiger charge is 2.17. The van der Waals surface area contributed by atoms with Crippen LogP contribution in [0.5, 0.6) is 5.75 Å². The zero-order valence-corrected chi connectivity index (χ0v) is 10.2. The van der Waals surface area contributed by atoms with Crippen LogP contribution in [0.3, 0.4) is 0 Å². The molecule has 0 bridgehead atoms. The van der Waals surface area contributed by atoms with Gasteiger partial charge in [0.1, 0.15) is 5.75 Å². The Bertz CT molecular complexity index is 363. The Labute approximate surface area is 97.2 Å². The van der Waals surface area contributed by atoms with Gasteiger partial charge in [0.2, 0.25) is 0 Å². The number of halogens is 1. The van der Waals surface area contributed by atoms with Crippen LogP contribution in [-0.2, 0) is 4.79 Å². The van der Waals surface area contributed by atoms with E-state index in [1.807, 2.05) is 25.1 Å². The van der Waals surface area contributed by atoms with Gasteiger partial charge >= 0.3 is 5.97 Å². The molecule has 1 unspecified atom stereocenters. The molecule has 0 amide bonds. The number of aliphatic carboxylic acids is 1. The van der Waals surface area contributed by atoms with Gasteiger partial charge in [-0.2, -0.15) is 0 Å². The maximum atomic E-state index is 10.6. The van der Waals surface area contributed by atoms with Crippen LogP contribution in [0.1, 0.15) is 24.8 Å². The number of hydrogen-bond donors (Lipinski definition) is 1. The molecule has 0 aliphatic heterocycles. The van der Waals surface area contributed by atoms with E-state index in [1.54, 1.807) is 7.11 Å². The number of ether oxygens (including phenoxy) is 1. The van der Waals surface area contributed by atoms with Crippen molar-refractivity contribution in [2.75, 3.05) is 7.11 Å². The fraction of sp³-hybridized carbons (Fsp3) is 0.364. The molecule has 0 saturated carbocycles. The molecule has 82 valence electrons. The van der Waals surface area contributed by atoms with Gasteiger partial charge in [-0.25, -0.2) is 0 Å². The lowest BCUT2D eigenvalue weighted by Crippen LogP contribution is -2.05. The molecule has 0 radical (unpaired) electrons. The molecule has 0 aromatic heterocycles. The highest BCUT2D eigenvalue weighted by molar-refractivity contribution is 9.10. The number of rotatable bonds is 4. The van der Waals surface area contributed by atoms with E-state index >= 15 is 0 Å². The third kappa shape index (κ3) is 2.96. The number of benzene rings is 1. The van der Waals surface area contributed by atoms with Crippen LogP contribution in [-0.4, -0.2) is 18.2 Å². The van der Waals surface area contributed by atoms with Crippen LogP contribution in [0.25, 0.3) is 0 Å². The van der Waals surface area contributed by atoms with E-state index in [0.29, 0.717) is 0 Å². The first kappa shape index (κ1) is 12.0. The number of methoxy groups -OCH3 is 1. The summed E-state index contributed by atoms with van der Waals surface area (Å²) in [4.78, 5) is 10.6. The van der Waals surface area contributed by atoms with Gasteiger partial charge in [-0.1, -0.05) is 28.9 Å². The predicted molar refractivity (Wildman–Crippen MR) is 61.4 cm³/mol. The Kier molecular flexibility index (Phi) is 4.15. The van der Waals surface area contributed by atoms with Gasteiger partial charge in [-0.3, -0.25) is 4.79 Å². The molecule has 15 heavy (non-hydrogen) atoms. The van der Waals surface area contributed by atoms with Crippen molar-refractivity contribution >= 4 is 21.9 Å². The Morgan fingerprint density at radius 3 is 2.80 bits per heavy atom. The second kappa shape index (κ2) is 5.16. The molecule has 0 spiro atoms. The van der Waals surface area contributed by atoms with Crippen LogP contribution >= 0.6 is 15.9 Å². The zero-order valence-electron chi connectivity index (χ0n) is 8.66. The first-order valence-corrected chi connectivity index (χ1v) is 5.39. The molecule has 0 heterocycles. The van der Waals surface area contributed by atoms with Crippen molar-refractivity contribution in [2.45, 2.75) is 19.3 Å². The zero-order chi connectivity index (χ0) is 11.4. The quantitative estimate of drug-likeness (QED) is 0.917. The molecular weight excluding hydrogens is 260 g/mol. The highest BCUT2D eigenvalue weighted by atomic mass is 79.9. The topological polar surface area (TPSA) is 46.5 Å². The first-order chi connectivity index (χ1) is 7.06. The largest absolute Gasteiger partial charge is 0.496 e. The number of carbonyl (C=O) groups is 1. The van der Waals surface area contributed by atoms with Crippen LogP contribution in [0.15, 0.2) is 22.7 Å². The van der Waals surface area contributed by atoms with Crippen LogP contribution in [0.2, 0.25) is 0 Å². The molecule has 1 rings (SSSR count). The fourth-order valence-corrected chi connectivity index (χ4v) is 2.28. The van der Waals surface area contributed by atoms with Crippen molar-refractivity contribution in [3.63, 3.8) is 0 Å². The van der Waals surface area contributed by atoms with E-state index in [-0.39, 0.29) is 12.3 Å². The second-order valence-electron chi connectivity index (χ2n) is 3.35. The lowest BCUT2D eigenvalue weighted by atomic mass is 9.97. The van der Waals surface area contributed by atoms with E-state index in [9.17, 15) is 4.79 Å². The van der Waals surface area contributed by atoms with E-state index in [0.717, 1.165) is 15.8 Å². The normalized spacial score (nSPS) is 12.2. The third-order valence-corrected chi connectivity index (χ3v) is 2.90. The minimum Gasteiger partial charge on any atom is -0.496 e. The summed E-state index contributed by atoms with van der Waals surface area (Å²) >= 11 is 3.41. The third-order valence-electron chi connectivity index (χ3n) is 2.21. The van der Waals surface area contributed by atoms with E-state index < -0.39 is 5.97 Å².